The maximum Gasteiger partial charge on any atom is 0.231 e. The Balaban J connectivity index is 1.44. The fraction of sp³-hybridized carbons (Fsp3) is 0.263. The normalized spacial score (nSPS) is 17.9. The molecule has 1 saturated heterocycles. The molecule has 4 rings (SSSR count). The van der Waals surface area contributed by atoms with Crippen molar-refractivity contribution < 1.29 is 13.3 Å². The van der Waals surface area contributed by atoms with Crippen LogP contribution in [0, 0.1) is 11.6 Å². The van der Waals surface area contributed by atoms with Crippen molar-refractivity contribution in [3.63, 3.8) is 0 Å². The van der Waals surface area contributed by atoms with Gasteiger partial charge in [0.2, 0.25) is 11.7 Å². The van der Waals surface area contributed by atoms with Crippen LogP contribution in [0.15, 0.2) is 53.1 Å². The van der Waals surface area contributed by atoms with Crippen LogP contribution >= 0.6 is 0 Å². The summed E-state index contributed by atoms with van der Waals surface area (Å²) in [6, 6.07) is 13.9. The maximum atomic E-state index is 13.8. The van der Waals surface area contributed by atoms with Crippen LogP contribution in [-0.2, 0) is 6.54 Å². The summed E-state index contributed by atoms with van der Waals surface area (Å²) in [7, 11) is 0. The average Bonchev–Trinajstić information content (AvgIpc) is 3.29. The summed E-state index contributed by atoms with van der Waals surface area (Å²) >= 11 is 0. The van der Waals surface area contributed by atoms with Crippen molar-refractivity contribution in [2.24, 2.45) is 0 Å². The Morgan fingerprint density at radius 2 is 1.92 bits per heavy atom. The number of halogens is 2. The molecule has 4 nitrogen and oxygen atoms in total. The monoisotopic (exact) mass is 341 g/mol. The molecule has 1 aliphatic rings. The molecule has 1 aliphatic heterocycles. The Bertz CT molecular complexity index is 866. The highest BCUT2D eigenvalue weighted by molar-refractivity contribution is 5.53. The van der Waals surface area contributed by atoms with Gasteiger partial charge in [-0.1, -0.05) is 47.6 Å². The van der Waals surface area contributed by atoms with Crippen LogP contribution in [0.25, 0.3) is 11.4 Å². The second-order valence-corrected chi connectivity index (χ2v) is 6.26. The van der Waals surface area contributed by atoms with Crippen LogP contribution in [0.4, 0.5) is 8.78 Å². The van der Waals surface area contributed by atoms with Gasteiger partial charge in [-0.3, -0.25) is 4.90 Å². The van der Waals surface area contributed by atoms with Crippen molar-refractivity contribution in [1.82, 2.24) is 15.0 Å². The van der Waals surface area contributed by atoms with Gasteiger partial charge in [0.25, 0.3) is 0 Å². The Labute approximate surface area is 144 Å². The Morgan fingerprint density at radius 1 is 1.08 bits per heavy atom. The largest absolute Gasteiger partial charge is 0.339 e. The van der Waals surface area contributed by atoms with E-state index in [1.54, 1.807) is 6.07 Å². The highest BCUT2D eigenvalue weighted by Gasteiger charge is 2.29. The fourth-order valence-corrected chi connectivity index (χ4v) is 3.19. The first kappa shape index (κ1) is 15.9. The summed E-state index contributed by atoms with van der Waals surface area (Å²) in [5.41, 5.74) is 1.28. The molecule has 2 aromatic carbocycles. The molecular weight excluding hydrogens is 324 g/mol. The molecule has 0 aliphatic carbocycles. The van der Waals surface area contributed by atoms with Gasteiger partial charge in [-0.25, -0.2) is 8.78 Å². The molecule has 2 heterocycles. The van der Waals surface area contributed by atoms with Gasteiger partial charge in [0.05, 0.1) is 5.92 Å². The molecule has 25 heavy (non-hydrogen) atoms. The summed E-state index contributed by atoms with van der Waals surface area (Å²) in [6.07, 6.45) is 0.855. The molecule has 0 spiro atoms. The highest BCUT2D eigenvalue weighted by Crippen LogP contribution is 2.29. The number of hydrogen-bond donors (Lipinski definition) is 0. The van der Waals surface area contributed by atoms with Gasteiger partial charge >= 0.3 is 0 Å². The third kappa shape index (κ3) is 3.30. The topological polar surface area (TPSA) is 42.2 Å². The summed E-state index contributed by atoms with van der Waals surface area (Å²) in [6.45, 7) is 1.84. The van der Waals surface area contributed by atoms with Crippen molar-refractivity contribution in [1.29, 1.82) is 0 Å². The van der Waals surface area contributed by atoms with E-state index in [2.05, 4.69) is 15.0 Å². The Kier molecular flexibility index (Phi) is 4.28. The second-order valence-electron chi connectivity index (χ2n) is 6.26. The Hall–Kier alpha value is -2.60. The van der Waals surface area contributed by atoms with E-state index in [1.807, 2.05) is 30.3 Å². The number of aromatic nitrogens is 2. The average molecular weight is 341 g/mol. The standard InChI is InChI=1S/C19H17F2N3O/c20-16-8-4-7-14(17(16)21)11-24-10-9-15(12-24)19-22-18(23-25-19)13-5-2-1-3-6-13/h1-8,15H,9-12H2/t15-/m1/s1. The van der Waals surface area contributed by atoms with Crippen molar-refractivity contribution >= 4 is 0 Å². The van der Waals surface area contributed by atoms with Crippen LogP contribution in [-0.4, -0.2) is 28.1 Å². The van der Waals surface area contributed by atoms with Crippen molar-refractivity contribution in [2.45, 2.75) is 18.9 Å². The second kappa shape index (κ2) is 6.72. The van der Waals surface area contributed by atoms with Gasteiger partial charge in [-0.15, -0.1) is 0 Å². The fourth-order valence-electron chi connectivity index (χ4n) is 3.19. The van der Waals surface area contributed by atoms with Crippen LogP contribution in [0.1, 0.15) is 23.8 Å². The number of nitrogens with zero attached hydrogens (tertiary/aromatic N) is 3. The van der Waals surface area contributed by atoms with Gasteiger partial charge in [0.1, 0.15) is 0 Å². The van der Waals surface area contributed by atoms with Crippen LogP contribution in [0.2, 0.25) is 0 Å². The molecule has 1 atom stereocenters. The van der Waals surface area contributed by atoms with Gasteiger partial charge in [0, 0.05) is 24.2 Å². The molecule has 1 fully saturated rings. The lowest BCUT2D eigenvalue weighted by Crippen LogP contribution is -2.20. The highest BCUT2D eigenvalue weighted by atomic mass is 19.2. The minimum Gasteiger partial charge on any atom is -0.339 e. The zero-order chi connectivity index (χ0) is 17.2. The van der Waals surface area contributed by atoms with Crippen LogP contribution in [0.5, 0.6) is 0 Å². The lowest BCUT2D eigenvalue weighted by atomic mass is 10.1. The van der Waals surface area contributed by atoms with Crippen LogP contribution in [0.3, 0.4) is 0 Å². The predicted octanol–water partition coefficient (Wildman–Crippen LogP) is 4.00. The first-order chi connectivity index (χ1) is 12.2. The minimum atomic E-state index is -0.808. The van der Waals surface area contributed by atoms with Crippen molar-refractivity contribution in [3.05, 3.63) is 71.6 Å². The van der Waals surface area contributed by atoms with Gasteiger partial charge in [-0.2, -0.15) is 4.98 Å². The van der Waals surface area contributed by atoms with Gasteiger partial charge in [0.15, 0.2) is 11.6 Å². The molecule has 0 amide bonds. The SMILES string of the molecule is Fc1cccc(CN2CC[C@@H](c3nc(-c4ccccc4)no3)C2)c1F. The number of rotatable bonds is 4. The quantitative estimate of drug-likeness (QED) is 0.719. The van der Waals surface area contributed by atoms with E-state index in [9.17, 15) is 8.78 Å². The zero-order valence-electron chi connectivity index (χ0n) is 13.5. The minimum absolute atomic E-state index is 0.113. The van der Waals surface area contributed by atoms with E-state index >= 15 is 0 Å². The van der Waals surface area contributed by atoms with E-state index in [1.165, 1.54) is 6.07 Å². The van der Waals surface area contributed by atoms with E-state index in [-0.39, 0.29) is 5.92 Å². The smallest absolute Gasteiger partial charge is 0.231 e. The zero-order valence-corrected chi connectivity index (χ0v) is 13.5. The molecule has 0 saturated carbocycles. The van der Waals surface area contributed by atoms with Crippen molar-refractivity contribution in [3.8, 4) is 11.4 Å². The van der Waals surface area contributed by atoms with E-state index in [0.717, 1.165) is 24.6 Å². The third-order valence-corrected chi connectivity index (χ3v) is 4.52. The summed E-state index contributed by atoms with van der Waals surface area (Å²) in [5, 5.41) is 4.05. The molecule has 0 radical (unpaired) electrons. The molecule has 0 N–H and O–H groups in total. The molecular formula is C19H17F2N3O. The summed E-state index contributed by atoms with van der Waals surface area (Å²) in [4.78, 5) is 6.58. The first-order valence-corrected chi connectivity index (χ1v) is 8.25. The number of benzene rings is 2. The van der Waals surface area contributed by atoms with Crippen LogP contribution < -0.4 is 0 Å². The molecule has 3 aromatic rings. The van der Waals surface area contributed by atoms with E-state index in [4.69, 9.17) is 4.52 Å². The molecule has 0 bridgehead atoms. The van der Waals surface area contributed by atoms with E-state index in [0.29, 0.717) is 30.4 Å². The Morgan fingerprint density at radius 3 is 2.76 bits per heavy atom. The number of hydrogen-bond acceptors (Lipinski definition) is 4. The summed E-state index contributed by atoms with van der Waals surface area (Å²) < 4.78 is 32.6. The molecule has 128 valence electrons. The van der Waals surface area contributed by atoms with Crippen molar-refractivity contribution in [2.75, 3.05) is 13.1 Å². The predicted molar refractivity (Wildman–Crippen MR) is 88.7 cm³/mol. The van der Waals surface area contributed by atoms with E-state index < -0.39 is 11.6 Å². The maximum absolute atomic E-state index is 13.8. The number of likely N-dealkylation sites (tertiary alicyclic amines) is 1. The van der Waals surface area contributed by atoms with Gasteiger partial charge in [-0.05, 0) is 19.0 Å². The third-order valence-electron chi connectivity index (χ3n) is 4.52. The summed E-state index contributed by atoms with van der Waals surface area (Å²) in [5.74, 6) is -0.291. The lowest BCUT2D eigenvalue weighted by molar-refractivity contribution is 0.303. The molecule has 0 unspecified atom stereocenters. The first-order valence-electron chi connectivity index (χ1n) is 8.25. The lowest BCUT2D eigenvalue weighted by Gasteiger charge is -2.15. The van der Waals surface area contributed by atoms with Gasteiger partial charge < -0.3 is 4.52 Å². The molecule has 1 aromatic heterocycles. The molecule has 6 heteroatoms.